The maximum atomic E-state index is 11.0. The second kappa shape index (κ2) is 4.07. The van der Waals surface area contributed by atoms with E-state index in [-0.39, 0.29) is 12.1 Å². The summed E-state index contributed by atoms with van der Waals surface area (Å²) in [6.07, 6.45) is 2.93. The van der Waals surface area contributed by atoms with Crippen molar-refractivity contribution >= 4 is 5.97 Å². The molecule has 12 heavy (non-hydrogen) atoms. The van der Waals surface area contributed by atoms with Gasteiger partial charge in [0.1, 0.15) is 12.7 Å². The summed E-state index contributed by atoms with van der Waals surface area (Å²) in [5, 5.41) is 0. The van der Waals surface area contributed by atoms with Crippen molar-refractivity contribution in [3.63, 3.8) is 0 Å². The molecule has 1 atom stereocenters. The summed E-state index contributed by atoms with van der Waals surface area (Å²) in [6.45, 7) is 7.79. The lowest BCUT2D eigenvalue weighted by atomic mass is 10.3. The maximum absolute atomic E-state index is 11.0. The summed E-state index contributed by atoms with van der Waals surface area (Å²) >= 11 is 0. The number of hydrogen-bond acceptors (Lipinski definition) is 3. The highest BCUT2D eigenvalue weighted by Gasteiger charge is 2.24. The molecule has 0 saturated carbocycles. The normalized spacial score (nSPS) is 21.8. The molecule has 0 aromatic rings. The van der Waals surface area contributed by atoms with Crippen molar-refractivity contribution in [3.05, 3.63) is 24.3 Å². The van der Waals surface area contributed by atoms with Gasteiger partial charge < -0.3 is 9.47 Å². The Morgan fingerprint density at radius 3 is 3.00 bits per heavy atom. The molecule has 65 valence electrons. The van der Waals surface area contributed by atoms with Crippen LogP contribution in [0.4, 0.5) is 0 Å². The van der Waals surface area contributed by atoms with Crippen LogP contribution in [0.25, 0.3) is 0 Å². The molecule has 1 rings (SSSR count). The summed E-state index contributed by atoms with van der Waals surface area (Å²) in [6, 6.07) is 0. The summed E-state index contributed by atoms with van der Waals surface area (Å²) in [7, 11) is 0. The largest absolute Gasteiger partial charge is 0.459 e. The van der Waals surface area contributed by atoms with Crippen LogP contribution in [0, 0.1) is 6.58 Å². The predicted octanol–water partition coefficient (Wildman–Crippen LogP) is 0.864. The first-order valence-corrected chi connectivity index (χ1v) is 3.74. The SMILES string of the molecule is [CH]=CC=C(C)C(=O)OCC1CO1. The second-order valence-corrected chi connectivity index (χ2v) is 2.60. The van der Waals surface area contributed by atoms with Gasteiger partial charge in [-0.25, -0.2) is 4.79 Å². The molecule has 0 bridgehead atoms. The number of carbonyl (C=O) groups is 1. The number of rotatable bonds is 4. The minimum atomic E-state index is -0.341. The maximum Gasteiger partial charge on any atom is 0.333 e. The molecule has 1 aliphatic rings. The van der Waals surface area contributed by atoms with E-state index < -0.39 is 0 Å². The van der Waals surface area contributed by atoms with Crippen molar-refractivity contribution in [2.24, 2.45) is 0 Å². The van der Waals surface area contributed by atoms with Crippen LogP contribution in [-0.2, 0) is 14.3 Å². The van der Waals surface area contributed by atoms with E-state index in [0.29, 0.717) is 18.8 Å². The molecule has 0 aromatic carbocycles. The number of epoxide rings is 1. The third-order valence-electron chi connectivity index (χ3n) is 1.47. The fourth-order valence-electron chi connectivity index (χ4n) is 0.659. The third kappa shape index (κ3) is 2.88. The third-order valence-corrected chi connectivity index (χ3v) is 1.47. The molecular formula is C9H11O3. The number of allylic oxidation sites excluding steroid dienone is 2. The quantitative estimate of drug-likeness (QED) is 0.270. The van der Waals surface area contributed by atoms with Crippen LogP contribution < -0.4 is 0 Å². The van der Waals surface area contributed by atoms with E-state index >= 15 is 0 Å². The van der Waals surface area contributed by atoms with Gasteiger partial charge in [-0.05, 0) is 6.92 Å². The van der Waals surface area contributed by atoms with Crippen LogP contribution in [0.1, 0.15) is 6.92 Å². The Morgan fingerprint density at radius 2 is 2.50 bits per heavy atom. The molecule has 0 spiro atoms. The standard InChI is InChI=1S/C9H11O3/c1-3-4-7(2)9(10)12-6-8-5-11-8/h1,3-4,8H,5-6H2,2H3. The van der Waals surface area contributed by atoms with Gasteiger partial charge in [0, 0.05) is 5.57 Å². The highest BCUT2D eigenvalue weighted by atomic mass is 16.6. The topological polar surface area (TPSA) is 38.8 Å². The van der Waals surface area contributed by atoms with Crippen molar-refractivity contribution < 1.29 is 14.3 Å². The smallest absolute Gasteiger partial charge is 0.333 e. The molecule has 1 unspecified atom stereocenters. The Labute approximate surface area is 71.7 Å². The van der Waals surface area contributed by atoms with E-state index in [9.17, 15) is 4.79 Å². The van der Waals surface area contributed by atoms with E-state index in [2.05, 4.69) is 0 Å². The van der Waals surface area contributed by atoms with Crippen LogP contribution in [-0.4, -0.2) is 25.3 Å². The number of esters is 1. The van der Waals surface area contributed by atoms with Gasteiger partial charge in [-0.1, -0.05) is 18.7 Å². The van der Waals surface area contributed by atoms with Gasteiger partial charge in [-0.15, -0.1) is 0 Å². The lowest BCUT2D eigenvalue weighted by Gasteiger charge is -2.00. The van der Waals surface area contributed by atoms with Crippen LogP contribution in [0.3, 0.4) is 0 Å². The lowest BCUT2D eigenvalue weighted by molar-refractivity contribution is -0.139. The summed E-state index contributed by atoms with van der Waals surface area (Å²) in [4.78, 5) is 11.0. The Bertz CT molecular complexity index is 214. The van der Waals surface area contributed by atoms with Gasteiger partial charge in [0.2, 0.25) is 0 Å². The van der Waals surface area contributed by atoms with Gasteiger partial charge in [-0.2, -0.15) is 0 Å². The van der Waals surface area contributed by atoms with Gasteiger partial charge >= 0.3 is 5.97 Å². The Morgan fingerprint density at radius 1 is 1.83 bits per heavy atom. The molecule has 0 amide bonds. The van der Waals surface area contributed by atoms with Gasteiger partial charge in [0.25, 0.3) is 0 Å². The zero-order valence-electron chi connectivity index (χ0n) is 6.95. The molecule has 1 fully saturated rings. The summed E-state index contributed by atoms with van der Waals surface area (Å²) < 4.78 is 9.74. The zero-order valence-corrected chi connectivity index (χ0v) is 6.95. The van der Waals surface area contributed by atoms with E-state index in [0.717, 1.165) is 0 Å². The first-order chi connectivity index (χ1) is 5.74. The van der Waals surface area contributed by atoms with E-state index in [1.807, 2.05) is 0 Å². The number of carbonyl (C=O) groups excluding carboxylic acids is 1. The highest BCUT2D eigenvalue weighted by Crippen LogP contribution is 2.09. The molecule has 3 nitrogen and oxygen atoms in total. The fraction of sp³-hybridized carbons (Fsp3) is 0.444. The van der Waals surface area contributed by atoms with Crippen LogP contribution in [0.5, 0.6) is 0 Å². The predicted molar refractivity (Wildman–Crippen MR) is 43.3 cm³/mol. The minimum Gasteiger partial charge on any atom is -0.459 e. The van der Waals surface area contributed by atoms with Crippen LogP contribution in [0.15, 0.2) is 17.7 Å². The van der Waals surface area contributed by atoms with Crippen LogP contribution in [0.2, 0.25) is 0 Å². The van der Waals surface area contributed by atoms with Crippen molar-refractivity contribution in [1.82, 2.24) is 0 Å². The lowest BCUT2D eigenvalue weighted by Crippen LogP contribution is -2.10. The van der Waals surface area contributed by atoms with Crippen molar-refractivity contribution in [1.29, 1.82) is 0 Å². The molecule has 0 aliphatic carbocycles. The van der Waals surface area contributed by atoms with E-state index in [1.165, 1.54) is 12.2 Å². The highest BCUT2D eigenvalue weighted by molar-refractivity contribution is 5.88. The van der Waals surface area contributed by atoms with Gasteiger partial charge in [-0.3, -0.25) is 0 Å². The van der Waals surface area contributed by atoms with Gasteiger partial charge in [0.15, 0.2) is 0 Å². The molecule has 1 saturated heterocycles. The van der Waals surface area contributed by atoms with Crippen molar-refractivity contribution in [2.75, 3.05) is 13.2 Å². The molecule has 0 N–H and O–H groups in total. The Kier molecular flexibility index (Phi) is 3.05. The molecular weight excluding hydrogens is 156 g/mol. The molecule has 3 heteroatoms. The molecule has 0 aromatic heterocycles. The monoisotopic (exact) mass is 167 g/mol. The Balaban J connectivity index is 2.25. The fourth-order valence-corrected chi connectivity index (χ4v) is 0.659. The second-order valence-electron chi connectivity index (χ2n) is 2.60. The Hall–Kier alpha value is -1.09. The summed E-state index contributed by atoms with van der Waals surface area (Å²) in [5.74, 6) is -0.341. The average Bonchev–Trinajstić information content (AvgIpc) is 2.83. The van der Waals surface area contributed by atoms with Crippen molar-refractivity contribution in [2.45, 2.75) is 13.0 Å². The first kappa shape index (κ1) is 9.00. The zero-order chi connectivity index (χ0) is 8.97. The molecule has 1 radical (unpaired) electrons. The molecule has 1 heterocycles. The minimum absolute atomic E-state index is 0.114. The van der Waals surface area contributed by atoms with Crippen LogP contribution >= 0.6 is 0 Å². The van der Waals surface area contributed by atoms with Gasteiger partial charge in [0.05, 0.1) is 6.61 Å². The van der Waals surface area contributed by atoms with E-state index in [1.54, 1.807) is 6.92 Å². The van der Waals surface area contributed by atoms with E-state index in [4.69, 9.17) is 16.1 Å². The van der Waals surface area contributed by atoms with Crippen molar-refractivity contribution in [3.8, 4) is 0 Å². The average molecular weight is 167 g/mol. The number of hydrogen-bond donors (Lipinski definition) is 0. The first-order valence-electron chi connectivity index (χ1n) is 3.74. The summed E-state index contributed by atoms with van der Waals surface area (Å²) in [5.41, 5.74) is 0.498. The molecule has 1 aliphatic heterocycles. The number of ether oxygens (including phenoxy) is 2.